The lowest BCUT2D eigenvalue weighted by Gasteiger charge is -2.36. The Morgan fingerprint density at radius 1 is 1.25 bits per heavy atom. The highest BCUT2D eigenvalue weighted by Gasteiger charge is 2.31. The number of benzene rings is 1. The first-order valence-corrected chi connectivity index (χ1v) is 8.53. The number of hydrogen-bond acceptors (Lipinski definition) is 4. The van der Waals surface area contributed by atoms with Crippen LogP contribution in [0.15, 0.2) is 12.1 Å². The molecule has 0 saturated carbocycles. The number of fused-ring (bicyclic) bond motifs is 1. The second kappa shape index (κ2) is 7.32. The fourth-order valence-corrected chi connectivity index (χ4v) is 3.29. The normalized spacial score (nSPS) is 17.0. The standard InChI is InChI=1S/C19H29NO4/c1-7-20(18(21)24-19(2,3)4)14-9-10-15-13(12-14)8-11-16(22-5)17(15)23-6/h8,11,14H,7,9-10,12H2,1-6H3. The highest BCUT2D eigenvalue weighted by atomic mass is 16.6. The van der Waals surface area contributed by atoms with Crippen molar-refractivity contribution in [3.05, 3.63) is 23.3 Å². The molecule has 5 heteroatoms. The summed E-state index contributed by atoms with van der Waals surface area (Å²) in [6, 6.07) is 4.16. The van der Waals surface area contributed by atoms with Crippen molar-refractivity contribution in [2.45, 2.75) is 58.6 Å². The molecule has 0 aromatic heterocycles. The van der Waals surface area contributed by atoms with Crippen molar-refractivity contribution in [2.75, 3.05) is 20.8 Å². The summed E-state index contributed by atoms with van der Waals surface area (Å²) in [7, 11) is 3.32. The predicted octanol–water partition coefficient (Wildman–Crippen LogP) is 3.82. The summed E-state index contributed by atoms with van der Waals surface area (Å²) in [5.74, 6) is 1.57. The second-order valence-corrected chi connectivity index (χ2v) is 7.10. The summed E-state index contributed by atoms with van der Waals surface area (Å²) >= 11 is 0. The van der Waals surface area contributed by atoms with Crippen LogP contribution in [0.1, 0.15) is 45.2 Å². The molecule has 1 atom stereocenters. The Morgan fingerprint density at radius 3 is 2.50 bits per heavy atom. The molecule has 5 nitrogen and oxygen atoms in total. The minimum absolute atomic E-state index is 0.149. The van der Waals surface area contributed by atoms with Crippen molar-refractivity contribution in [3.63, 3.8) is 0 Å². The molecule has 0 fully saturated rings. The van der Waals surface area contributed by atoms with E-state index in [1.165, 1.54) is 11.1 Å². The number of methoxy groups -OCH3 is 2. The van der Waals surface area contributed by atoms with E-state index < -0.39 is 5.60 Å². The molecule has 1 amide bonds. The summed E-state index contributed by atoms with van der Waals surface area (Å²) in [4.78, 5) is 14.3. The second-order valence-electron chi connectivity index (χ2n) is 7.10. The van der Waals surface area contributed by atoms with Gasteiger partial charge < -0.3 is 19.1 Å². The summed E-state index contributed by atoms with van der Waals surface area (Å²) in [5.41, 5.74) is 1.92. The fourth-order valence-electron chi connectivity index (χ4n) is 3.29. The van der Waals surface area contributed by atoms with E-state index in [0.29, 0.717) is 6.54 Å². The minimum Gasteiger partial charge on any atom is -0.493 e. The van der Waals surface area contributed by atoms with Crippen LogP contribution in [0.4, 0.5) is 4.79 Å². The maximum Gasteiger partial charge on any atom is 0.410 e. The Hall–Kier alpha value is -1.91. The van der Waals surface area contributed by atoms with Gasteiger partial charge in [-0.05, 0) is 58.6 Å². The lowest BCUT2D eigenvalue weighted by atomic mass is 9.86. The van der Waals surface area contributed by atoms with Crippen molar-refractivity contribution in [2.24, 2.45) is 0 Å². The van der Waals surface area contributed by atoms with E-state index in [-0.39, 0.29) is 12.1 Å². The van der Waals surface area contributed by atoms with Gasteiger partial charge in [-0.25, -0.2) is 4.79 Å². The quantitative estimate of drug-likeness (QED) is 0.839. The predicted molar refractivity (Wildman–Crippen MR) is 94.0 cm³/mol. The Kier molecular flexibility index (Phi) is 5.62. The van der Waals surface area contributed by atoms with E-state index in [0.717, 1.165) is 30.8 Å². The SMILES string of the molecule is CCN(C(=O)OC(C)(C)C)C1CCc2c(ccc(OC)c2OC)C1. The van der Waals surface area contributed by atoms with Crippen molar-refractivity contribution >= 4 is 6.09 Å². The first kappa shape index (κ1) is 18.4. The van der Waals surface area contributed by atoms with Gasteiger partial charge in [-0.15, -0.1) is 0 Å². The molecule has 134 valence electrons. The largest absolute Gasteiger partial charge is 0.493 e. The maximum absolute atomic E-state index is 12.5. The van der Waals surface area contributed by atoms with Crippen LogP contribution in [-0.4, -0.2) is 43.4 Å². The molecule has 1 unspecified atom stereocenters. The molecule has 1 aliphatic carbocycles. The molecule has 0 aliphatic heterocycles. The molecule has 0 bridgehead atoms. The average Bonchev–Trinajstić information content (AvgIpc) is 2.52. The van der Waals surface area contributed by atoms with E-state index in [2.05, 4.69) is 6.07 Å². The lowest BCUT2D eigenvalue weighted by molar-refractivity contribution is 0.0159. The van der Waals surface area contributed by atoms with Crippen LogP contribution in [-0.2, 0) is 17.6 Å². The molecule has 24 heavy (non-hydrogen) atoms. The van der Waals surface area contributed by atoms with Crippen LogP contribution in [0.2, 0.25) is 0 Å². The van der Waals surface area contributed by atoms with Gasteiger partial charge in [0.25, 0.3) is 0 Å². The lowest BCUT2D eigenvalue weighted by Crippen LogP contribution is -2.45. The van der Waals surface area contributed by atoms with E-state index >= 15 is 0 Å². The Balaban J connectivity index is 2.21. The Bertz CT molecular complexity index is 592. The van der Waals surface area contributed by atoms with Gasteiger partial charge in [-0.3, -0.25) is 0 Å². The zero-order valence-electron chi connectivity index (χ0n) is 15.6. The number of amides is 1. The van der Waals surface area contributed by atoms with Crippen LogP contribution in [0.3, 0.4) is 0 Å². The van der Waals surface area contributed by atoms with Gasteiger partial charge in [-0.2, -0.15) is 0 Å². The number of nitrogens with zero attached hydrogens (tertiary/aromatic N) is 1. The zero-order valence-corrected chi connectivity index (χ0v) is 15.6. The zero-order chi connectivity index (χ0) is 17.9. The third kappa shape index (κ3) is 3.94. The van der Waals surface area contributed by atoms with Crippen molar-refractivity contribution < 1.29 is 19.0 Å². The van der Waals surface area contributed by atoms with Gasteiger partial charge in [0.15, 0.2) is 11.5 Å². The monoisotopic (exact) mass is 335 g/mol. The molecular formula is C19H29NO4. The highest BCUT2D eigenvalue weighted by molar-refractivity contribution is 5.68. The third-order valence-electron chi connectivity index (χ3n) is 4.34. The van der Waals surface area contributed by atoms with Gasteiger partial charge in [0.2, 0.25) is 0 Å². The third-order valence-corrected chi connectivity index (χ3v) is 4.34. The van der Waals surface area contributed by atoms with E-state index in [4.69, 9.17) is 14.2 Å². The van der Waals surface area contributed by atoms with Gasteiger partial charge in [0.1, 0.15) is 5.60 Å². The number of likely N-dealkylation sites (N-methyl/N-ethyl adjacent to an activating group) is 1. The number of rotatable bonds is 4. The Labute approximate surface area is 144 Å². The van der Waals surface area contributed by atoms with E-state index in [1.807, 2.05) is 38.7 Å². The molecule has 0 saturated heterocycles. The first-order valence-electron chi connectivity index (χ1n) is 8.53. The average molecular weight is 335 g/mol. The van der Waals surface area contributed by atoms with Crippen molar-refractivity contribution in [1.29, 1.82) is 0 Å². The van der Waals surface area contributed by atoms with Gasteiger partial charge in [-0.1, -0.05) is 6.07 Å². The van der Waals surface area contributed by atoms with Gasteiger partial charge in [0.05, 0.1) is 14.2 Å². The van der Waals surface area contributed by atoms with Crippen LogP contribution in [0.25, 0.3) is 0 Å². The molecule has 1 aromatic carbocycles. The molecule has 1 aromatic rings. The van der Waals surface area contributed by atoms with Gasteiger partial charge >= 0.3 is 6.09 Å². The minimum atomic E-state index is -0.479. The maximum atomic E-state index is 12.5. The molecule has 0 radical (unpaired) electrons. The van der Waals surface area contributed by atoms with Crippen LogP contribution in [0.5, 0.6) is 11.5 Å². The number of carbonyl (C=O) groups is 1. The smallest absolute Gasteiger partial charge is 0.410 e. The van der Waals surface area contributed by atoms with E-state index in [1.54, 1.807) is 14.2 Å². The molecule has 0 spiro atoms. The fraction of sp³-hybridized carbons (Fsp3) is 0.632. The highest BCUT2D eigenvalue weighted by Crippen LogP contribution is 2.38. The summed E-state index contributed by atoms with van der Waals surface area (Å²) < 4.78 is 16.5. The molecule has 1 aliphatic rings. The van der Waals surface area contributed by atoms with E-state index in [9.17, 15) is 4.79 Å². The van der Waals surface area contributed by atoms with Crippen molar-refractivity contribution in [3.8, 4) is 11.5 Å². The summed E-state index contributed by atoms with van der Waals surface area (Å²) in [5, 5.41) is 0. The molecular weight excluding hydrogens is 306 g/mol. The topological polar surface area (TPSA) is 48.0 Å². The number of ether oxygens (including phenoxy) is 3. The number of hydrogen-bond donors (Lipinski definition) is 0. The van der Waals surface area contributed by atoms with Crippen LogP contribution in [0, 0.1) is 0 Å². The summed E-state index contributed by atoms with van der Waals surface area (Å²) in [6.45, 7) is 8.32. The first-order chi connectivity index (χ1) is 11.3. The van der Waals surface area contributed by atoms with Gasteiger partial charge in [0, 0.05) is 18.2 Å². The molecule has 0 heterocycles. The molecule has 0 N–H and O–H groups in total. The summed E-state index contributed by atoms with van der Waals surface area (Å²) in [6.07, 6.45) is 2.32. The molecule has 2 rings (SSSR count). The number of carbonyl (C=O) groups excluding carboxylic acids is 1. The van der Waals surface area contributed by atoms with Crippen LogP contribution < -0.4 is 9.47 Å². The Morgan fingerprint density at radius 2 is 1.96 bits per heavy atom. The van der Waals surface area contributed by atoms with Crippen LogP contribution >= 0.6 is 0 Å². The van der Waals surface area contributed by atoms with Crippen molar-refractivity contribution in [1.82, 2.24) is 4.90 Å².